The molecule has 1 saturated carbocycles. The van der Waals surface area contributed by atoms with E-state index in [0.29, 0.717) is 24.5 Å². The molecule has 3 N–H and O–H groups in total. The van der Waals surface area contributed by atoms with Crippen LogP contribution >= 0.6 is 0 Å². The number of aromatic nitrogens is 1. The number of hydrogen-bond acceptors (Lipinski definition) is 5. The van der Waals surface area contributed by atoms with Crippen molar-refractivity contribution in [1.82, 2.24) is 10.3 Å². The molecular weight excluding hydrogens is 428 g/mol. The number of pyridine rings is 1. The molecule has 1 aromatic heterocycles. The van der Waals surface area contributed by atoms with Crippen molar-refractivity contribution >= 4 is 23.5 Å². The van der Waals surface area contributed by atoms with Crippen molar-refractivity contribution < 1.29 is 14.7 Å². The van der Waals surface area contributed by atoms with Crippen LogP contribution in [0.5, 0.6) is 0 Å². The van der Waals surface area contributed by atoms with Crippen molar-refractivity contribution in [3.63, 3.8) is 0 Å². The number of carbonyl (C=O) groups excluding carboxylic acids is 1. The number of carboxylic acids is 1. The molecule has 2 fully saturated rings. The first kappa shape index (κ1) is 24.0. The van der Waals surface area contributed by atoms with E-state index >= 15 is 0 Å². The molecule has 1 saturated heterocycles. The van der Waals surface area contributed by atoms with E-state index in [1.807, 2.05) is 30.3 Å². The van der Waals surface area contributed by atoms with Gasteiger partial charge >= 0.3 is 5.97 Å². The molecule has 1 amide bonds. The quantitative estimate of drug-likeness (QED) is 0.506. The third kappa shape index (κ3) is 6.72. The van der Waals surface area contributed by atoms with Gasteiger partial charge in [0.2, 0.25) is 0 Å². The molecule has 1 aliphatic carbocycles. The zero-order valence-corrected chi connectivity index (χ0v) is 19.8. The highest BCUT2D eigenvalue weighted by molar-refractivity contribution is 5.99. The van der Waals surface area contributed by atoms with Gasteiger partial charge in [-0.1, -0.05) is 49.6 Å². The third-order valence-corrected chi connectivity index (χ3v) is 6.92. The smallest absolute Gasteiger partial charge is 0.303 e. The Morgan fingerprint density at radius 1 is 1.00 bits per heavy atom. The Balaban J connectivity index is 1.49. The van der Waals surface area contributed by atoms with E-state index in [0.717, 1.165) is 57.3 Å². The average Bonchev–Trinajstić information content (AvgIpc) is 2.85. The molecule has 1 aromatic carbocycles. The Bertz CT molecular complexity index is 960. The number of hydrogen-bond donors (Lipinski definition) is 3. The second kappa shape index (κ2) is 11.9. The number of carboxylic acid groups (broad SMARTS) is 1. The fourth-order valence-corrected chi connectivity index (χ4v) is 5.11. The summed E-state index contributed by atoms with van der Waals surface area (Å²) in [5.74, 6) is 0.693. The van der Waals surface area contributed by atoms with E-state index < -0.39 is 5.97 Å². The maximum absolute atomic E-state index is 13.2. The summed E-state index contributed by atoms with van der Waals surface area (Å²) in [6.45, 7) is 2.20. The van der Waals surface area contributed by atoms with Gasteiger partial charge in [-0.25, -0.2) is 4.98 Å². The zero-order chi connectivity index (χ0) is 23.8. The van der Waals surface area contributed by atoms with Crippen LogP contribution < -0.4 is 15.5 Å². The minimum absolute atomic E-state index is 0.0736. The van der Waals surface area contributed by atoms with E-state index in [4.69, 9.17) is 4.98 Å². The molecule has 7 heteroatoms. The molecule has 4 rings (SSSR count). The lowest BCUT2D eigenvalue weighted by atomic mass is 9.95. The highest BCUT2D eigenvalue weighted by Crippen LogP contribution is 2.27. The summed E-state index contributed by atoms with van der Waals surface area (Å²) < 4.78 is 0. The Hall–Kier alpha value is -3.09. The van der Waals surface area contributed by atoms with Gasteiger partial charge in [-0.05, 0) is 55.7 Å². The Morgan fingerprint density at radius 2 is 1.79 bits per heavy atom. The lowest BCUT2D eigenvalue weighted by Crippen LogP contribution is -2.38. The molecule has 2 aromatic rings. The summed E-state index contributed by atoms with van der Waals surface area (Å²) in [6, 6.07) is 14.3. The first-order valence-corrected chi connectivity index (χ1v) is 12.6. The minimum atomic E-state index is -0.752. The number of aliphatic carboxylic acids is 1. The standard InChI is InChI=1S/C27H36N4O3/c32-25(33)18-21-10-7-17-31(19-21)24-14-13-23(27(34)29-22-11-5-2-6-12-22)26(30-24)28-16-15-20-8-3-1-4-9-20/h1,3-4,8-9,13-14,21-22H,2,5-7,10-12,15-19H2,(H,28,30)(H,29,34)(H,32,33)/t21-/m0/s1. The van der Waals surface area contributed by atoms with Gasteiger partial charge in [0.25, 0.3) is 5.91 Å². The van der Waals surface area contributed by atoms with Gasteiger partial charge in [0, 0.05) is 32.1 Å². The van der Waals surface area contributed by atoms with Crippen LogP contribution in [0.4, 0.5) is 11.6 Å². The van der Waals surface area contributed by atoms with Crippen molar-refractivity contribution in [2.75, 3.05) is 29.9 Å². The van der Waals surface area contributed by atoms with Crippen LogP contribution in [0, 0.1) is 5.92 Å². The normalized spacial score (nSPS) is 18.9. The monoisotopic (exact) mass is 464 g/mol. The zero-order valence-electron chi connectivity index (χ0n) is 19.8. The van der Waals surface area contributed by atoms with E-state index in [1.165, 1.54) is 12.0 Å². The topological polar surface area (TPSA) is 94.6 Å². The minimum Gasteiger partial charge on any atom is -0.481 e. The third-order valence-electron chi connectivity index (χ3n) is 6.92. The summed E-state index contributed by atoms with van der Waals surface area (Å²) in [4.78, 5) is 31.4. The van der Waals surface area contributed by atoms with Gasteiger partial charge in [-0.2, -0.15) is 0 Å². The average molecular weight is 465 g/mol. The van der Waals surface area contributed by atoms with Crippen LogP contribution in [0.25, 0.3) is 0 Å². The summed E-state index contributed by atoms with van der Waals surface area (Å²) in [5, 5.41) is 15.8. The predicted octanol–water partition coefficient (Wildman–Crippen LogP) is 4.49. The highest BCUT2D eigenvalue weighted by Gasteiger charge is 2.25. The Kier molecular flexibility index (Phi) is 8.39. The van der Waals surface area contributed by atoms with Crippen LogP contribution in [0.15, 0.2) is 42.5 Å². The molecular formula is C27H36N4O3. The van der Waals surface area contributed by atoms with E-state index in [9.17, 15) is 14.7 Å². The second-order valence-electron chi connectivity index (χ2n) is 9.59. The summed E-state index contributed by atoms with van der Waals surface area (Å²) in [6.07, 6.45) is 8.52. The Morgan fingerprint density at radius 3 is 2.56 bits per heavy atom. The van der Waals surface area contributed by atoms with Crippen LogP contribution in [0.1, 0.15) is 67.3 Å². The molecule has 0 spiro atoms. The van der Waals surface area contributed by atoms with Crippen molar-refractivity contribution in [2.45, 2.75) is 63.8 Å². The molecule has 0 bridgehead atoms. The molecule has 34 heavy (non-hydrogen) atoms. The molecule has 1 aliphatic heterocycles. The maximum Gasteiger partial charge on any atom is 0.303 e. The second-order valence-corrected chi connectivity index (χ2v) is 9.59. The van der Waals surface area contributed by atoms with E-state index in [2.05, 4.69) is 27.7 Å². The van der Waals surface area contributed by atoms with Crippen molar-refractivity contribution in [2.24, 2.45) is 5.92 Å². The lowest BCUT2D eigenvalue weighted by Gasteiger charge is -2.33. The summed E-state index contributed by atoms with van der Waals surface area (Å²) >= 11 is 0. The van der Waals surface area contributed by atoms with Crippen molar-refractivity contribution in [3.05, 3.63) is 53.6 Å². The first-order valence-electron chi connectivity index (χ1n) is 12.6. The molecule has 0 unspecified atom stereocenters. The Labute approximate surface area is 202 Å². The van der Waals surface area contributed by atoms with Crippen molar-refractivity contribution in [1.29, 1.82) is 0 Å². The van der Waals surface area contributed by atoms with Crippen LogP contribution in [-0.4, -0.2) is 47.6 Å². The summed E-state index contributed by atoms with van der Waals surface area (Å²) in [7, 11) is 0. The first-order chi connectivity index (χ1) is 16.6. The lowest BCUT2D eigenvalue weighted by molar-refractivity contribution is -0.138. The molecule has 2 heterocycles. The maximum atomic E-state index is 13.2. The fraction of sp³-hybridized carbons (Fsp3) is 0.519. The van der Waals surface area contributed by atoms with Gasteiger partial charge in [-0.15, -0.1) is 0 Å². The van der Waals surface area contributed by atoms with Crippen LogP contribution in [0.3, 0.4) is 0 Å². The molecule has 7 nitrogen and oxygen atoms in total. The van der Waals surface area contributed by atoms with Gasteiger partial charge < -0.3 is 20.6 Å². The molecule has 1 atom stereocenters. The fourth-order valence-electron chi connectivity index (χ4n) is 5.11. The molecule has 182 valence electrons. The van der Waals surface area contributed by atoms with E-state index in [1.54, 1.807) is 0 Å². The van der Waals surface area contributed by atoms with Crippen LogP contribution in [0.2, 0.25) is 0 Å². The molecule has 2 aliphatic rings. The van der Waals surface area contributed by atoms with Crippen molar-refractivity contribution in [3.8, 4) is 0 Å². The number of rotatable bonds is 9. The summed E-state index contributed by atoms with van der Waals surface area (Å²) in [5.41, 5.74) is 1.80. The van der Waals surface area contributed by atoms with E-state index in [-0.39, 0.29) is 24.3 Å². The van der Waals surface area contributed by atoms with Gasteiger partial charge in [0.05, 0.1) is 5.56 Å². The van der Waals surface area contributed by atoms with Crippen LogP contribution in [-0.2, 0) is 11.2 Å². The SMILES string of the molecule is O=C(O)C[C@@H]1CCCN(c2ccc(C(=O)NC3CCCCC3)c(NCCc3ccccc3)n2)C1. The number of carbonyl (C=O) groups is 2. The van der Waals surface area contributed by atoms with Gasteiger partial charge in [0.15, 0.2) is 0 Å². The van der Waals surface area contributed by atoms with Gasteiger partial charge in [-0.3, -0.25) is 9.59 Å². The predicted molar refractivity (Wildman–Crippen MR) is 134 cm³/mol. The number of nitrogens with zero attached hydrogens (tertiary/aromatic N) is 2. The van der Waals surface area contributed by atoms with Gasteiger partial charge in [0.1, 0.15) is 11.6 Å². The number of anilines is 2. The number of nitrogens with one attached hydrogen (secondary N) is 2. The number of amides is 1. The number of piperidine rings is 1. The number of benzene rings is 1. The largest absolute Gasteiger partial charge is 0.481 e. The molecule has 0 radical (unpaired) electrons. The highest BCUT2D eigenvalue weighted by atomic mass is 16.4.